The summed E-state index contributed by atoms with van der Waals surface area (Å²) >= 11 is 0. The van der Waals surface area contributed by atoms with E-state index in [-0.39, 0.29) is 6.54 Å². The fourth-order valence-electron chi connectivity index (χ4n) is 1.21. The first-order chi connectivity index (χ1) is 8.67. The average Bonchev–Trinajstić information content (AvgIpc) is 2.34. The molecule has 0 radical (unpaired) electrons. The minimum atomic E-state index is -3.19. The molecule has 7 heteroatoms. The Bertz CT molecular complexity index is 567. The van der Waals surface area contributed by atoms with E-state index in [9.17, 15) is 13.2 Å². The number of pyridine rings is 1. The van der Waals surface area contributed by atoms with E-state index in [2.05, 4.69) is 15.0 Å². The van der Waals surface area contributed by atoms with E-state index in [1.54, 1.807) is 13.8 Å². The van der Waals surface area contributed by atoms with Gasteiger partial charge in [-0.1, -0.05) is 0 Å². The molecule has 106 valence electrons. The molecule has 0 aliphatic carbocycles. The number of rotatable bonds is 5. The molecule has 0 atom stereocenters. The van der Waals surface area contributed by atoms with Crippen LogP contribution in [0.15, 0.2) is 18.3 Å². The number of carbonyl (C=O) groups is 1. The normalized spacial score (nSPS) is 12.0. The molecule has 0 bridgehead atoms. The van der Waals surface area contributed by atoms with Crippen LogP contribution in [0.25, 0.3) is 0 Å². The highest BCUT2D eigenvalue weighted by molar-refractivity contribution is 7.92. The van der Waals surface area contributed by atoms with Crippen molar-refractivity contribution in [1.29, 1.82) is 0 Å². The summed E-state index contributed by atoms with van der Waals surface area (Å²) in [5.41, 5.74) is 0.358. The molecule has 1 aromatic rings. The van der Waals surface area contributed by atoms with Crippen LogP contribution in [-0.2, 0) is 14.6 Å². The quantitative estimate of drug-likeness (QED) is 0.816. The maximum atomic E-state index is 11.6. The van der Waals surface area contributed by atoms with Crippen molar-refractivity contribution in [2.75, 3.05) is 25.2 Å². The number of anilines is 1. The number of esters is 1. The monoisotopic (exact) mass is 286 g/mol. The SMILES string of the molecule is COC(=O)c1ccnc(NCC(C)(C)S(C)(=O)=O)c1. The first-order valence-electron chi connectivity index (χ1n) is 5.65. The molecule has 0 unspecified atom stereocenters. The second-order valence-corrected chi connectivity index (χ2v) is 7.46. The van der Waals surface area contributed by atoms with Crippen molar-refractivity contribution in [1.82, 2.24) is 4.98 Å². The Morgan fingerprint density at radius 3 is 2.63 bits per heavy atom. The van der Waals surface area contributed by atoms with Gasteiger partial charge in [-0.15, -0.1) is 0 Å². The predicted octanol–water partition coefficient (Wildman–Crippen LogP) is 1.10. The summed E-state index contributed by atoms with van der Waals surface area (Å²) in [6.45, 7) is 3.45. The van der Waals surface area contributed by atoms with Crippen LogP contribution >= 0.6 is 0 Å². The smallest absolute Gasteiger partial charge is 0.338 e. The van der Waals surface area contributed by atoms with Crippen molar-refractivity contribution in [3.8, 4) is 0 Å². The molecule has 1 N–H and O–H groups in total. The topological polar surface area (TPSA) is 85.4 Å². The fraction of sp³-hybridized carbons (Fsp3) is 0.500. The Labute approximate surface area is 113 Å². The Morgan fingerprint density at radius 1 is 1.47 bits per heavy atom. The van der Waals surface area contributed by atoms with Gasteiger partial charge in [0.05, 0.1) is 17.4 Å². The number of sulfone groups is 1. The Morgan fingerprint density at radius 2 is 2.11 bits per heavy atom. The summed E-state index contributed by atoms with van der Waals surface area (Å²) in [6.07, 6.45) is 2.65. The average molecular weight is 286 g/mol. The van der Waals surface area contributed by atoms with E-state index in [0.717, 1.165) is 0 Å². The highest BCUT2D eigenvalue weighted by atomic mass is 32.2. The van der Waals surface area contributed by atoms with Crippen LogP contribution in [-0.4, -0.2) is 44.0 Å². The van der Waals surface area contributed by atoms with E-state index < -0.39 is 20.6 Å². The lowest BCUT2D eigenvalue weighted by Gasteiger charge is -2.23. The number of carbonyl (C=O) groups excluding carboxylic acids is 1. The molecule has 1 aromatic heterocycles. The second kappa shape index (κ2) is 5.56. The Kier molecular flexibility index (Phi) is 4.52. The molecule has 0 spiro atoms. The van der Waals surface area contributed by atoms with Gasteiger partial charge in [-0.05, 0) is 26.0 Å². The first kappa shape index (κ1) is 15.4. The molecule has 0 aliphatic heterocycles. The second-order valence-electron chi connectivity index (χ2n) is 4.81. The molecule has 0 saturated carbocycles. The molecule has 0 aromatic carbocycles. The maximum absolute atomic E-state index is 11.6. The lowest BCUT2D eigenvalue weighted by atomic mass is 10.2. The van der Waals surface area contributed by atoms with Crippen LogP contribution in [0, 0.1) is 0 Å². The molecule has 19 heavy (non-hydrogen) atoms. The zero-order chi connectivity index (χ0) is 14.7. The lowest BCUT2D eigenvalue weighted by molar-refractivity contribution is 0.0600. The lowest BCUT2D eigenvalue weighted by Crippen LogP contribution is -2.38. The number of ether oxygens (including phenoxy) is 1. The van der Waals surface area contributed by atoms with Crippen LogP contribution in [0.5, 0.6) is 0 Å². The van der Waals surface area contributed by atoms with Crippen molar-refractivity contribution in [3.05, 3.63) is 23.9 Å². The van der Waals surface area contributed by atoms with Gasteiger partial charge in [0, 0.05) is 19.0 Å². The van der Waals surface area contributed by atoms with E-state index in [1.165, 1.54) is 31.7 Å². The van der Waals surface area contributed by atoms with Crippen molar-refractivity contribution >= 4 is 21.6 Å². The van der Waals surface area contributed by atoms with Crippen molar-refractivity contribution in [2.24, 2.45) is 0 Å². The van der Waals surface area contributed by atoms with Gasteiger partial charge in [0.25, 0.3) is 0 Å². The third-order valence-electron chi connectivity index (χ3n) is 2.88. The van der Waals surface area contributed by atoms with Crippen molar-refractivity contribution in [2.45, 2.75) is 18.6 Å². The number of hydrogen-bond acceptors (Lipinski definition) is 6. The molecule has 0 aliphatic rings. The van der Waals surface area contributed by atoms with E-state index in [0.29, 0.717) is 11.4 Å². The summed E-state index contributed by atoms with van der Waals surface area (Å²) in [5, 5.41) is 2.91. The zero-order valence-electron chi connectivity index (χ0n) is 11.4. The molecule has 0 saturated heterocycles. The Balaban J connectivity index is 2.82. The number of nitrogens with one attached hydrogen (secondary N) is 1. The van der Waals surface area contributed by atoms with Crippen LogP contribution in [0.3, 0.4) is 0 Å². The van der Waals surface area contributed by atoms with Gasteiger partial charge >= 0.3 is 5.97 Å². The van der Waals surface area contributed by atoms with Gasteiger partial charge in [-0.2, -0.15) is 0 Å². The summed E-state index contributed by atoms with van der Waals surface area (Å²) in [7, 11) is -1.89. The minimum Gasteiger partial charge on any atom is -0.465 e. The van der Waals surface area contributed by atoms with Gasteiger partial charge in [0.1, 0.15) is 5.82 Å². The standard InChI is InChI=1S/C12H18N2O4S/c1-12(2,19(4,16)17)8-14-10-7-9(5-6-13-10)11(15)18-3/h5-7H,8H2,1-4H3,(H,13,14). The predicted molar refractivity (Wildman–Crippen MR) is 73.0 cm³/mol. The number of aromatic nitrogens is 1. The maximum Gasteiger partial charge on any atom is 0.338 e. The molecule has 6 nitrogen and oxygen atoms in total. The highest BCUT2D eigenvalue weighted by Gasteiger charge is 2.29. The molecular formula is C12H18N2O4S. The summed E-state index contributed by atoms with van der Waals surface area (Å²) in [5.74, 6) is -0.0348. The molecule has 0 fully saturated rings. The number of nitrogens with zero attached hydrogens (tertiary/aromatic N) is 1. The largest absolute Gasteiger partial charge is 0.465 e. The van der Waals surface area contributed by atoms with Crippen molar-refractivity contribution < 1.29 is 17.9 Å². The number of hydrogen-bond donors (Lipinski definition) is 1. The summed E-state index contributed by atoms with van der Waals surface area (Å²) in [4.78, 5) is 15.4. The van der Waals surface area contributed by atoms with Crippen LogP contribution < -0.4 is 5.32 Å². The third kappa shape index (κ3) is 3.92. The van der Waals surface area contributed by atoms with Crippen LogP contribution in [0.4, 0.5) is 5.82 Å². The fourth-order valence-corrected chi connectivity index (χ4v) is 1.54. The van der Waals surface area contributed by atoms with Crippen LogP contribution in [0.2, 0.25) is 0 Å². The molecule has 0 amide bonds. The number of methoxy groups -OCH3 is 1. The molecule has 1 rings (SSSR count). The van der Waals surface area contributed by atoms with E-state index in [1.807, 2.05) is 0 Å². The summed E-state index contributed by atoms with van der Waals surface area (Å²) < 4.78 is 26.8. The molecular weight excluding hydrogens is 268 g/mol. The van der Waals surface area contributed by atoms with Gasteiger partial charge in [0.2, 0.25) is 0 Å². The van der Waals surface area contributed by atoms with E-state index in [4.69, 9.17) is 0 Å². The van der Waals surface area contributed by atoms with Crippen LogP contribution in [0.1, 0.15) is 24.2 Å². The van der Waals surface area contributed by atoms with E-state index >= 15 is 0 Å². The first-order valence-corrected chi connectivity index (χ1v) is 7.54. The van der Waals surface area contributed by atoms with Gasteiger partial charge < -0.3 is 10.1 Å². The highest BCUT2D eigenvalue weighted by Crippen LogP contribution is 2.16. The van der Waals surface area contributed by atoms with Gasteiger partial charge in [-0.3, -0.25) is 0 Å². The third-order valence-corrected chi connectivity index (χ3v) is 5.03. The van der Waals surface area contributed by atoms with Gasteiger partial charge in [-0.25, -0.2) is 18.2 Å². The summed E-state index contributed by atoms with van der Waals surface area (Å²) in [6, 6.07) is 3.04. The minimum absolute atomic E-state index is 0.198. The van der Waals surface area contributed by atoms with Gasteiger partial charge in [0.15, 0.2) is 9.84 Å². The van der Waals surface area contributed by atoms with Crippen molar-refractivity contribution in [3.63, 3.8) is 0 Å². The Hall–Kier alpha value is -1.63. The zero-order valence-corrected chi connectivity index (χ0v) is 12.2. The molecule has 1 heterocycles.